The topological polar surface area (TPSA) is 49.3 Å². The van der Waals surface area contributed by atoms with Crippen LogP contribution in [0.4, 0.5) is 23.2 Å². The molecule has 1 aromatic carbocycles. The van der Waals surface area contributed by atoms with E-state index in [0.717, 1.165) is 6.92 Å². The second-order valence-corrected chi connectivity index (χ2v) is 10.2. The summed E-state index contributed by atoms with van der Waals surface area (Å²) in [5, 5.41) is 5.80. The monoisotopic (exact) mass is 482 g/mol. The van der Waals surface area contributed by atoms with Crippen molar-refractivity contribution in [2.75, 3.05) is 38.0 Å². The van der Waals surface area contributed by atoms with Crippen LogP contribution >= 0.6 is 0 Å². The van der Waals surface area contributed by atoms with Crippen molar-refractivity contribution in [1.82, 2.24) is 14.8 Å². The number of amides is 1. The molecule has 9 heteroatoms. The van der Waals surface area contributed by atoms with Crippen molar-refractivity contribution in [3.8, 4) is 0 Å². The number of hydrogen-bond donors (Lipinski definition) is 2. The molecule has 1 saturated heterocycles. The summed E-state index contributed by atoms with van der Waals surface area (Å²) < 4.78 is 59.1. The lowest BCUT2D eigenvalue weighted by Gasteiger charge is -2.32. The number of aromatic nitrogens is 1. The van der Waals surface area contributed by atoms with E-state index < -0.39 is 29.7 Å². The molecule has 0 unspecified atom stereocenters. The fourth-order valence-electron chi connectivity index (χ4n) is 4.25. The zero-order chi connectivity index (χ0) is 25.3. The SMILES string of the molecule is Cc1c(C(=O)Nc2cccc(C(C)(F)F)c2)cc(C(C)(C)C)n1CC(F)(F)CN1CCNCC1. The number of carbonyl (C=O) groups excluding carboxylic acids is 1. The maximum Gasteiger partial charge on any atom is 0.278 e. The van der Waals surface area contributed by atoms with Gasteiger partial charge in [0.15, 0.2) is 0 Å². The van der Waals surface area contributed by atoms with Crippen LogP contribution in [0.25, 0.3) is 0 Å². The third-order valence-electron chi connectivity index (χ3n) is 6.06. The van der Waals surface area contributed by atoms with Crippen molar-refractivity contribution in [2.45, 2.75) is 58.4 Å². The molecule has 1 aliphatic rings. The normalized spacial score (nSPS) is 16.0. The summed E-state index contributed by atoms with van der Waals surface area (Å²) >= 11 is 0. The van der Waals surface area contributed by atoms with Gasteiger partial charge in [-0.2, -0.15) is 0 Å². The lowest BCUT2D eigenvalue weighted by atomic mass is 9.91. The van der Waals surface area contributed by atoms with Gasteiger partial charge in [0.1, 0.15) is 0 Å². The Bertz CT molecular complexity index is 1010. The molecule has 2 aromatic rings. The number of alkyl halides is 4. The Morgan fingerprint density at radius 2 is 1.68 bits per heavy atom. The first-order valence-corrected chi connectivity index (χ1v) is 11.5. The molecule has 188 valence electrons. The van der Waals surface area contributed by atoms with Gasteiger partial charge < -0.3 is 15.2 Å². The van der Waals surface area contributed by atoms with Gasteiger partial charge in [0.05, 0.1) is 18.7 Å². The number of carbonyl (C=O) groups is 1. The zero-order valence-electron chi connectivity index (χ0n) is 20.4. The van der Waals surface area contributed by atoms with Crippen LogP contribution in [0.15, 0.2) is 30.3 Å². The summed E-state index contributed by atoms with van der Waals surface area (Å²) in [5.41, 5.74) is 0.790. The fourth-order valence-corrected chi connectivity index (χ4v) is 4.25. The minimum Gasteiger partial charge on any atom is -0.341 e. The Labute approximate surface area is 198 Å². The number of anilines is 1. The van der Waals surface area contributed by atoms with E-state index in [1.807, 2.05) is 20.8 Å². The summed E-state index contributed by atoms with van der Waals surface area (Å²) in [6.45, 7) is 9.74. The van der Waals surface area contributed by atoms with E-state index in [4.69, 9.17) is 0 Å². The number of nitrogens with zero attached hydrogens (tertiary/aromatic N) is 2. The van der Waals surface area contributed by atoms with E-state index in [9.17, 15) is 13.6 Å². The van der Waals surface area contributed by atoms with Crippen molar-refractivity contribution in [1.29, 1.82) is 0 Å². The number of halogens is 4. The lowest BCUT2D eigenvalue weighted by molar-refractivity contribution is -0.0493. The third kappa shape index (κ3) is 6.39. The van der Waals surface area contributed by atoms with Crippen LogP contribution in [0.1, 0.15) is 55.0 Å². The molecule has 0 spiro atoms. The number of hydrogen-bond acceptors (Lipinski definition) is 3. The summed E-state index contributed by atoms with van der Waals surface area (Å²) in [6, 6.07) is 7.10. The molecule has 1 amide bonds. The van der Waals surface area contributed by atoms with E-state index in [2.05, 4.69) is 10.6 Å². The zero-order valence-corrected chi connectivity index (χ0v) is 20.4. The van der Waals surface area contributed by atoms with Crippen LogP contribution in [0.3, 0.4) is 0 Å². The van der Waals surface area contributed by atoms with Crippen LogP contribution in [0, 0.1) is 6.92 Å². The number of piperazine rings is 1. The average Bonchev–Trinajstić information content (AvgIpc) is 3.04. The molecular weight excluding hydrogens is 448 g/mol. The molecule has 0 saturated carbocycles. The average molecular weight is 483 g/mol. The Balaban J connectivity index is 1.87. The molecule has 2 N–H and O–H groups in total. The predicted molar refractivity (Wildman–Crippen MR) is 126 cm³/mol. The highest BCUT2D eigenvalue weighted by Gasteiger charge is 2.36. The van der Waals surface area contributed by atoms with Gasteiger partial charge in [-0.3, -0.25) is 9.69 Å². The van der Waals surface area contributed by atoms with Gasteiger partial charge in [-0.15, -0.1) is 0 Å². The highest BCUT2D eigenvalue weighted by atomic mass is 19.3. The van der Waals surface area contributed by atoms with Crippen LogP contribution in [0.2, 0.25) is 0 Å². The highest BCUT2D eigenvalue weighted by molar-refractivity contribution is 6.05. The predicted octanol–water partition coefficient (Wildman–Crippen LogP) is 5.00. The Kier molecular flexibility index (Phi) is 7.48. The van der Waals surface area contributed by atoms with Gasteiger partial charge >= 0.3 is 0 Å². The van der Waals surface area contributed by atoms with Gasteiger partial charge in [0.25, 0.3) is 17.8 Å². The quantitative estimate of drug-likeness (QED) is 0.546. The maximum atomic E-state index is 15.1. The van der Waals surface area contributed by atoms with E-state index in [1.165, 1.54) is 28.8 Å². The van der Waals surface area contributed by atoms with Crippen LogP contribution in [0.5, 0.6) is 0 Å². The minimum absolute atomic E-state index is 0.220. The third-order valence-corrected chi connectivity index (χ3v) is 6.06. The Morgan fingerprint density at radius 1 is 1.03 bits per heavy atom. The largest absolute Gasteiger partial charge is 0.341 e. The first-order chi connectivity index (χ1) is 15.7. The fraction of sp³-hybridized carbons (Fsp3) is 0.560. The Hall–Kier alpha value is -2.39. The molecule has 0 bridgehead atoms. The molecule has 0 radical (unpaired) electrons. The molecule has 0 atom stereocenters. The van der Waals surface area contributed by atoms with E-state index in [1.54, 1.807) is 17.9 Å². The van der Waals surface area contributed by atoms with Crippen molar-refractivity contribution in [2.24, 2.45) is 0 Å². The number of rotatable bonds is 7. The molecular formula is C25H34F4N4O. The standard InChI is InChI=1S/C25H34F4N4O/c1-17-20(22(34)31-19-8-6-7-18(13-19)24(5,26)27)14-21(23(2,3)4)33(17)16-25(28,29)15-32-11-9-30-10-12-32/h6-8,13-14,30H,9-12,15-16H2,1-5H3,(H,31,34). The first-order valence-electron chi connectivity index (χ1n) is 11.5. The van der Waals surface area contributed by atoms with Gasteiger partial charge in [0, 0.05) is 61.2 Å². The molecule has 34 heavy (non-hydrogen) atoms. The van der Waals surface area contributed by atoms with Gasteiger partial charge in [0.2, 0.25) is 0 Å². The first kappa shape index (κ1) is 26.2. The second-order valence-electron chi connectivity index (χ2n) is 10.2. The summed E-state index contributed by atoms with van der Waals surface area (Å²) in [7, 11) is 0. The van der Waals surface area contributed by atoms with Gasteiger partial charge in [-0.05, 0) is 25.1 Å². The van der Waals surface area contributed by atoms with E-state index >= 15 is 8.78 Å². The minimum atomic E-state index is -3.05. The lowest BCUT2D eigenvalue weighted by Crippen LogP contribution is -2.49. The molecule has 1 fully saturated rings. The number of benzene rings is 1. The van der Waals surface area contributed by atoms with Crippen molar-refractivity contribution in [3.63, 3.8) is 0 Å². The van der Waals surface area contributed by atoms with Crippen LogP contribution in [-0.4, -0.2) is 54.0 Å². The second kappa shape index (κ2) is 9.70. The summed E-state index contributed by atoms with van der Waals surface area (Å²) in [4.78, 5) is 14.8. The van der Waals surface area contributed by atoms with E-state index in [-0.39, 0.29) is 23.4 Å². The summed E-state index contributed by atoms with van der Waals surface area (Å²) in [5.74, 6) is -6.56. The van der Waals surface area contributed by atoms with E-state index in [0.29, 0.717) is 37.6 Å². The summed E-state index contributed by atoms with van der Waals surface area (Å²) in [6.07, 6.45) is 0. The van der Waals surface area contributed by atoms with Crippen LogP contribution in [-0.2, 0) is 17.9 Å². The van der Waals surface area contributed by atoms with Gasteiger partial charge in [-0.1, -0.05) is 32.9 Å². The molecule has 5 nitrogen and oxygen atoms in total. The van der Waals surface area contributed by atoms with Gasteiger partial charge in [-0.25, -0.2) is 17.6 Å². The van der Waals surface area contributed by atoms with Crippen LogP contribution < -0.4 is 10.6 Å². The number of nitrogens with one attached hydrogen (secondary N) is 2. The Morgan fingerprint density at radius 3 is 2.26 bits per heavy atom. The highest BCUT2D eigenvalue weighted by Crippen LogP contribution is 2.32. The maximum absolute atomic E-state index is 15.1. The molecule has 1 aromatic heterocycles. The molecule has 1 aliphatic heterocycles. The molecule has 0 aliphatic carbocycles. The van der Waals surface area contributed by atoms with Crippen molar-refractivity contribution < 1.29 is 22.4 Å². The molecule has 2 heterocycles. The smallest absolute Gasteiger partial charge is 0.278 e. The van der Waals surface area contributed by atoms with Crippen molar-refractivity contribution >= 4 is 11.6 Å². The van der Waals surface area contributed by atoms with Crippen molar-refractivity contribution in [3.05, 3.63) is 52.8 Å². The molecule has 3 rings (SSSR count).